The summed E-state index contributed by atoms with van der Waals surface area (Å²) in [7, 11) is 2.16. The molecule has 1 N–H and O–H groups in total. The van der Waals surface area contributed by atoms with Gasteiger partial charge in [-0.15, -0.1) is 0 Å². The van der Waals surface area contributed by atoms with E-state index in [4.69, 9.17) is 0 Å². The fourth-order valence-electron chi connectivity index (χ4n) is 6.77. The number of halogens is 1. The Morgan fingerprint density at radius 3 is 2.50 bits per heavy atom. The van der Waals surface area contributed by atoms with E-state index in [-0.39, 0.29) is 11.3 Å². The van der Waals surface area contributed by atoms with Crippen molar-refractivity contribution in [2.24, 2.45) is 17.3 Å². The van der Waals surface area contributed by atoms with Gasteiger partial charge >= 0.3 is 0 Å². The zero-order chi connectivity index (χ0) is 19.4. The standard InChI is InChI=1S/C22H31BrN4O/c1-26-4-6-27(7-5-26)19-3-2-18(14-24-19)25-20(28)13-21-9-16-8-17(10-21)12-22(23,11-16)15-21/h2-3,14,16-17H,4-13,15H2,1H3,(H,25,28). The van der Waals surface area contributed by atoms with Gasteiger partial charge in [0.15, 0.2) is 0 Å². The van der Waals surface area contributed by atoms with E-state index >= 15 is 0 Å². The highest BCUT2D eigenvalue weighted by Gasteiger charge is 2.57. The molecule has 1 aliphatic heterocycles. The van der Waals surface area contributed by atoms with Crippen molar-refractivity contribution in [3.63, 3.8) is 0 Å². The van der Waals surface area contributed by atoms with Crippen LogP contribution in [0.1, 0.15) is 44.9 Å². The van der Waals surface area contributed by atoms with Crippen molar-refractivity contribution in [3.8, 4) is 0 Å². The molecule has 0 spiro atoms. The Kier molecular flexibility index (Phi) is 4.70. The first-order chi connectivity index (χ1) is 13.4. The van der Waals surface area contributed by atoms with E-state index in [0.717, 1.165) is 49.5 Å². The highest BCUT2D eigenvalue weighted by Crippen LogP contribution is 2.65. The van der Waals surface area contributed by atoms with Crippen molar-refractivity contribution in [1.29, 1.82) is 0 Å². The minimum Gasteiger partial charge on any atom is -0.354 e. The number of pyridine rings is 1. The number of alkyl halides is 1. The zero-order valence-electron chi connectivity index (χ0n) is 16.8. The van der Waals surface area contributed by atoms with E-state index in [0.29, 0.717) is 10.7 Å². The number of anilines is 2. The Morgan fingerprint density at radius 1 is 1.18 bits per heavy atom. The lowest BCUT2D eigenvalue weighted by molar-refractivity contribution is -0.123. The second-order valence-corrected chi connectivity index (χ2v) is 11.7. The van der Waals surface area contributed by atoms with Crippen LogP contribution in [0.2, 0.25) is 0 Å². The fourth-order valence-corrected chi connectivity index (χ4v) is 8.28. The number of nitrogens with one attached hydrogen (secondary N) is 1. The van der Waals surface area contributed by atoms with Gasteiger partial charge in [0, 0.05) is 36.9 Å². The SMILES string of the molecule is CN1CCN(c2ccc(NC(=O)CC34CC5CC(CC(Br)(C5)C3)C4)cn2)CC1. The molecule has 2 heterocycles. The van der Waals surface area contributed by atoms with Crippen molar-refractivity contribution in [1.82, 2.24) is 9.88 Å². The third kappa shape index (κ3) is 3.70. The molecule has 6 rings (SSSR count). The lowest BCUT2D eigenvalue weighted by atomic mass is 9.48. The molecule has 1 aromatic heterocycles. The summed E-state index contributed by atoms with van der Waals surface area (Å²) >= 11 is 4.05. The summed E-state index contributed by atoms with van der Waals surface area (Å²) in [6.45, 7) is 4.15. The minimum absolute atomic E-state index is 0.159. The van der Waals surface area contributed by atoms with Crippen LogP contribution in [0.25, 0.3) is 0 Å². The van der Waals surface area contributed by atoms with Crippen LogP contribution in [0.15, 0.2) is 18.3 Å². The van der Waals surface area contributed by atoms with Crippen molar-refractivity contribution in [2.75, 3.05) is 43.4 Å². The maximum absolute atomic E-state index is 12.9. The molecular formula is C22H31BrN4O. The van der Waals surface area contributed by atoms with Crippen LogP contribution < -0.4 is 10.2 Å². The van der Waals surface area contributed by atoms with Gasteiger partial charge in [-0.05, 0) is 75.0 Å². The molecule has 4 saturated carbocycles. The first kappa shape index (κ1) is 18.9. The summed E-state index contributed by atoms with van der Waals surface area (Å²) < 4.78 is 0.309. The number of nitrogens with zero attached hydrogens (tertiary/aromatic N) is 3. The number of amides is 1. The van der Waals surface area contributed by atoms with Crippen LogP contribution in [0, 0.1) is 17.3 Å². The van der Waals surface area contributed by atoms with Crippen molar-refractivity contribution < 1.29 is 4.79 Å². The molecule has 152 valence electrons. The molecule has 1 amide bonds. The number of likely N-dealkylation sites (N-methyl/N-ethyl adjacent to an activating group) is 1. The number of piperazine rings is 1. The van der Waals surface area contributed by atoms with Crippen LogP contribution in [0.4, 0.5) is 11.5 Å². The van der Waals surface area contributed by atoms with Crippen LogP contribution in [0.3, 0.4) is 0 Å². The molecular weight excluding hydrogens is 416 g/mol. The maximum Gasteiger partial charge on any atom is 0.224 e. The van der Waals surface area contributed by atoms with Gasteiger partial charge < -0.3 is 15.1 Å². The van der Waals surface area contributed by atoms with Gasteiger partial charge in [0.2, 0.25) is 5.91 Å². The molecule has 2 unspecified atom stereocenters. The largest absolute Gasteiger partial charge is 0.354 e. The van der Waals surface area contributed by atoms with E-state index in [1.54, 1.807) is 0 Å². The minimum atomic E-state index is 0.159. The predicted molar refractivity (Wildman–Crippen MR) is 116 cm³/mol. The Balaban J connectivity index is 1.20. The normalized spacial score (nSPS) is 37.3. The predicted octanol–water partition coefficient (Wildman–Crippen LogP) is 3.90. The second kappa shape index (κ2) is 6.98. The molecule has 1 aromatic rings. The van der Waals surface area contributed by atoms with Gasteiger partial charge in [0.1, 0.15) is 5.82 Å². The van der Waals surface area contributed by atoms with Crippen molar-refractivity contribution in [3.05, 3.63) is 18.3 Å². The van der Waals surface area contributed by atoms with Crippen LogP contribution in [-0.4, -0.2) is 53.3 Å². The van der Waals surface area contributed by atoms with Gasteiger partial charge in [0.05, 0.1) is 11.9 Å². The number of hydrogen-bond acceptors (Lipinski definition) is 4. The van der Waals surface area contributed by atoms with E-state index in [2.05, 4.69) is 43.1 Å². The van der Waals surface area contributed by atoms with Gasteiger partial charge in [-0.3, -0.25) is 4.79 Å². The molecule has 2 atom stereocenters. The zero-order valence-corrected chi connectivity index (χ0v) is 18.4. The summed E-state index contributed by atoms with van der Waals surface area (Å²) in [6.07, 6.45) is 10.1. The first-order valence-corrected chi connectivity index (χ1v) is 11.6. The number of hydrogen-bond donors (Lipinski definition) is 1. The number of aromatic nitrogens is 1. The summed E-state index contributed by atoms with van der Waals surface area (Å²) in [5, 5.41) is 3.12. The number of carbonyl (C=O) groups is 1. The van der Waals surface area contributed by atoms with Gasteiger partial charge in [-0.1, -0.05) is 15.9 Å². The molecule has 0 radical (unpaired) electrons. The van der Waals surface area contributed by atoms with Crippen LogP contribution >= 0.6 is 15.9 Å². The monoisotopic (exact) mass is 446 g/mol. The summed E-state index contributed by atoms with van der Waals surface area (Å²) in [6, 6.07) is 4.04. The van der Waals surface area contributed by atoms with E-state index in [9.17, 15) is 4.79 Å². The molecule has 5 aliphatic rings. The lowest BCUT2D eigenvalue weighted by Crippen LogP contribution is -2.53. The van der Waals surface area contributed by atoms with E-state index < -0.39 is 0 Å². The highest BCUT2D eigenvalue weighted by atomic mass is 79.9. The van der Waals surface area contributed by atoms with Crippen molar-refractivity contribution in [2.45, 2.75) is 49.3 Å². The van der Waals surface area contributed by atoms with Crippen molar-refractivity contribution >= 4 is 33.3 Å². The molecule has 0 aromatic carbocycles. The molecule has 5 nitrogen and oxygen atoms in total. The van der Waals surface area contributed by atoms with Gasteiger partial charge in [-0.25, -0.2) is 4.98 Å². The summed E-state index contributed by atoms with van der Waals surface area (Å²) in [5.41, 5.74) is 1.03. The first-order valence-electron chi connectivity index (χ1n) is 10.8. The molecule has 6 heteroatoms. The highest BCUT2D eigenvalue weighted by molar-refractivity contribution is 9.10. The maximum atomic E-state index is 12.9. The summed E-state index contributed by atoms with van der Waals surface area (Å²) in [4.78, 5) is 22.1. The Bertz CT molecular complexity index is 729. The Morgan fingerprint density at radius 2 is 1.89 bits per heavy atom. The molecule has 4 bridgehead atoms. The molecule has 4 aliphatic carbocycles. The van der Waals surface area contributed by atoms with Crippen LogP contribution in [-0.2, 0) is 4.79 Å². The Hall–Kier alpha value is -1.14. The molecule has 1 saturated heterocycles. The average Bonchev–Trinajstić information content (AvgIpc) is 2.60. The number of rotatable bonds is 4. The lowest BCUT2D eigenvalue weighted by Gasteiger charge is -2.60. The van der Waals surface area contributed by atoms with Gasteiger partial charge in [0.25, 0.3) is 0 Å². The Labute approximate surface area is 176 Å². The quantitative estimate of drug-likeness (QED) is 0.712. The second-order valence-electron chi connectivity index (χ2n) is 10.0. The number of carbonyl (C=O) groups excluding carboxylic acids is 1. The van der Waals surface area contributed by atoms with Crippen LogP contribution in [0.5, 0.6) is 0 Å². The molecule has 5 fully saturated rings. The average molecular weight is 447 g/mol. The fraction of sp³-hybridized carbons (Fsp3) is 0.727. The van der Waals surface area contributed by atoms with E-state index in [1.807, 2.05) is 18.3 Å². The van der Waals surface area contributed by atoms with E-state index in [1.165, 1.54) is 38.5 Å². The van der Waals surface area contributed by atoms with Gasteiger partial charge in [-0.2, -0.15) is 0 Å². The topological polar surface area (TPSA) is 48.5 Å². The molecule has 28 heavy (non-hydrogen) atoms. The third-order valence-corrected chi connectivity index (χ3v) is 8.43. The summed E-state index contributed by atoms with van der Waals surface area (Å²) in [5.74, 6) is 2.80. The third-order valence-electron chi connectivity index (χ3n) is 7.51. The smallest absolute Gasteiger partial charge is 0.224 e.